The predicted molar refractivity (Wildman–Crippen MR) is 56.9 cm³/mol. The van der Waals surface area contributed by atoms with E-state index in [0.717, 1.165) is 19.3 Å². The Bertz CT molecular complexity index is 202. The lowest BCUT2D eigenvalue weighted by molar-refractivity contribution is -0.152. The molecule has 1 aliphatic carbocycles. The lowest BCUT2D eigenvalue weighted by Crippen LogP contribution is -2.22. The first-order chi connectivity index (χ1) is 6.46. The summed E-state index contributed by atoms with van der Waals surface area (Å²) in [7, 11) is 0. The van der Waals surface area contributed by atoms with Crippen molar-refractivity contribution in [3.8, 4) is 0 Å². The summed E-state index contributed by atoms with van der Waals surface area (Å²) >= 11 is 0. The number of esters is 1. The molecule has 2 heteroatoms. The van der Waals surface area contributed by atoms with Gasteiger partial charge in [0.25, 0.3) is 0 Å². The van der Waals surface area contributed by atoms with E-state index in [1.54, 1.807) is 0 Å². The van der Waals surface area contributed by atoms with Crippen molar-refractivity contribution in [3.63, 3.8) is 0 Å². The molecule has 0 bridgehead atoms. The highest BCUT2D eigenvalue weighted by Gasteiger charge is 2.51. The molecule has 0 aromatic heterocycles. The van der Waals surface area contributed by atoms with Crippen LogP contribution in [-0.2, 0) is 9.53 Å². The summed E-state index contributed by atoms with van der Waals surface area (Å²) in [5, 5.41) is 0. The minimum atomic E-state index is -0.0942. The van der Waals surface area contributed by atoms with Gasteiger partial charge in [0, 0.05) is 0 Å². The first-order valence-electron chi connectivity index (χ1n) is 5.63. The second-order valence-electron chi connectivity index (χ2n) is 5.37. The van der Waals surface area contributed by atoms with Gasteiger partial charge in [0.1, 0.15) is 0 Å². The van der Waals surface area contributed by atoms with Crippen molar-refractivity contribution in [1.82, 2.24) is 0 Å². The topological polar surface area (TPSA) is 26.3 Å². The van der Waals surface area contributed by atoms with Gasteiger partial charge in [0.15, 0.2) is 0 Å². The molecule has 2 nitrogen and oxygen atoms in total. The van der Waals surface area contributed by atoms with E-state index >= 15 is 0 Å². The molecule has 0 atom stereocenters. The van der Waals surface area contributed by atoms with Crippen LogP contribution in [0, 0.1) is 17.3 Å². The van der Waals surface area contributed by atoms with Crippen LogP contribution in [0.4, 0.5) is 0 Å². The summed E-state index contributed by atoms with van der Waals surface area (Å²) in [6.07, 6.45) is 3.05. The van der Waals surface area contributed by atoms with Crippen LogP contribution in [0.5, 0.6) is 0 Å². The van der Waals surface area contributed by atoms with Crippen LogP contribution >= 0.6 is 0 Å². The molecular weight excluding hydrogens is 176 g/mol. The van der Waals surface area contributed by atoms with Crippen molar-refractivity contribution in [2.45, 2.75) is 47.0 Å². The quantitative estimate of drug-likeness (QED) is 0.635. The lowest BCUT2D eigenvalue weighted by Gasteiger charge is -2.17. The van der Waals surface area contributed by atoms with Gasteiger partial charge in [-0.2, -0.15) is 0 Å². The molecule has 0 N–H and O–H groups in total. The Morgan fingerprint density at radius 2 is 1.79 bits per heavy atom. The molecule has 1 rings (SSSR count). The second kappa shape index (κ2) is 4.33. The van der Waals surface area contributed by atoms with Gasteiger partial charge in [0.2, 0.25) is 0 Å². The molecule has 0 radical (unpaired) electrons. The smallest absolute Gasteiger partial charge is 0.312 e. The summed E-state index contributed by atoms with van der Waals surface area (Å²) in [6.45, 7) is 9.02. The maximum atomic E-state index is 11.7. The molecule has 14 heavy (non-hydrogen) atoms. The van der Waals surface area contributed by atoms with Crippen molar-refractivity contribution in [3.05, 3.63) is 0 Å². The molecular formula is C12H22O2. The Hall–Kier alpha value is -0.530. The molecule has 0 aromatic carbocycles. The van der Waals surface area contributed by atoms with Crippen LogP contribution in [0.1, 0.15) is 47.0 Å². The molecule has 0 aromatic rings. The van der Waals surface area contributed by atoms with Crippen LogP contribution in [-0.4, -0.2) is 12.6 Å². The first kappa shape index (κ1) is 11.5. The molecule has 0 aliphatic heterocycles. The van der Waals surface area contributed by atoms with E-state index in [1.807, 2.05) is 0 Å². The fourth-order valence-corrected chi connectivity index (χ4v) is 1.82. The summed E-state index contributed by atoms with van der Waals surface area (Å²) < 4.78 is 5.29. The van der Waals surface area contributed by atoms with Crippen LogP contribution in [0.3, 0.4) is 0 Å². The summed E-state index contributed by atoms with van der Waals surface area (Å²) in [5.41, 5.74) is -0.0942. The van der Waals surface area contributed by atoms with Gasteiger partial charge in [0.05, 0.1) is 12.0 Å². The molecule has 0 amide bonds. The van der Waals surface area contributed by atoms with Crippen LogP contribution in [0.2, 0.25) is 0 Å². The SMILES string of the molecule is CC(C)COC(=O)C1(CC(C)C)CC1. The number of hydrogen-bond acceptors (Lipinski definition) is 2. The third kappa shape index (κ3) is 3.00. The normalized spacial score (nSPS) is 18.7. The van der Waals surface area contributed by atoms with Crippen molar-refractivity contribution in [1.29, 1.82) is 0 Å². The largest absolute Gasteiger partial charge is 0.465 e. The number of rotatable bonds is 5. The Morgan fingerprint density at radius 3 is 2.14 bits per heavy atom. The molecule has 0 heterocycles. The van der Waals surface area contributed by atoms with Crippen LogP contribution in [0.25, 0.3) is 0 Å². The van der Waals surface area contributed by atoms with Gasteiger partial charge in [-0.3, -0.25) is 4.79 Å². The van der Waals surface area contributed by atoms with E-state index in [0.29, 0.717) is 18.4 Å². The van der Waals surface area contributed by atoms with E-state index in [1.165, 1.54) is 0 Å². The third-order valence-corrected chi connectivity index (χ3v) is 2.63. The van der Waals surface area contributed by atoms with E-state index in [2.05, 4.69) is 27.7 Å². The zero-order valence-corrected chi connectivity index (χ0v) is 9.80. The molecule has 0 unspecified atom stereocenters. The first-order valence-corrected chi connectivity index (χ1v) is 5.63. The fraction of sp³-hybridized carbons (Fsp3) is 0.917. The summed E-state index contributed by atoms with van der Waals surface area (Å²) in [4.78, 5) is 11.7. The predicted octanol–water partition coefficient (Wildman–Crippen LogP) is 3.01. The van der Waals surface area contributed by atoms with E-state index in [4.69, 9.17) is 4.74 Å². The Kier molecular flexibility index (Phi) is 3.57. The maximum absolute atomic E-state index is 11.7. The third-order valence-electron chi connectivity index (χ3n) is 2.63. The monoisotopic (exact) mass is 198 g/mol. The van der Waals surface area contributed by atoms with Crippen molar-refractivity contribution >= 4 is 5.97 Å². The molecule has 0 saturated heterocycles. The number of carbonyl (C=O) groups is 1. The zero-order chi connectivity index (χ0) is 10.8. The second-order valence-corrected chi connectivity index (χ2v) is 5.37. The Balaban J connectivity index is 2.36. The van der Waals surface area contributed by atoms with Gasteiger partial charge in [-0.1, -0.05) is 27.7 Å². The highest BCUT2D eigenvalue weighted by Crippen LogP contribution is 2.51. The average Bonchev–Trinajstić information content (AvgIpc) is 2.80. The van der Waals surface area contributed by atoms with E-state index < -0.39 is 0 Å². The lowest BCUT2D eigenvalue weighted by atomic mass is 9.94. The van der Waals surface area contributed by atoms with Gasteiger partial charge in [-0.25, -0.2) is 0 Å². The van der Waals surface area contributed by atoms with E-state index in [-0.39, 0.29) is 11.4 Å². The average molecular weight is 198 g/mol. The van der Waals surface area contributed by atoms with Gasteiger partial charge in [-0.15, -0.1) is 0 Å². The van der Waals surface area contributed by atoms with Crippen molar-refractivity contribution in [2.75, 3.05) is 6.61 Å². The molecule has 1 saturated carbocycles. The summed E-state index contributed by atoms with van der Waals surface area (Å²) in [5.74, 6) is 1.07. The minimum absolute atomic E-state index is 0.0416. The van der Waals surface area contributed by atoms with Gasteiger partial charge < -0.3 is 4.74 Å². The Labute approximate surface area is 87.0 Å². The molecule has 1 fully saturated rings. The van der Waals surface area contributed by atoms with E-state index in [9.17, 15) is 4.79 Å². The van der Waals surface area contributed by atoms with Crippen molar-refractivity contribution < 1.29 is 9.53 Å². The zero-order valence-electron chi connectivity index (χ0n) is 9.80. The standard InChI is InChI=1S/C12H22O2/c1-9(2)7-12(5-6-12)11(13)14-8-10(3)4/h9-10H,5-8H2,1-4H3. The molecule has 1 aliphatic rings. The molecule has 0 spiro atoms. The molecule has 82 valence electrons. The van der Waals surface area contributed by atoms with Gasteiger partial charge in [-0.05, 0) is 31.1 Å². The number of ether oxygens (including phenoxy) is 1. The van der Waals surface area contributed by atoms with Crippen LogP contribution < -0.4 is 0 Å². The number of carbonyl (C=O) groups excluding carboxylic acids is 1. The van der Waals surface area contributed by atoms with Gasteiger partial charge >= 0.3 is 5.97 Å². The fourth-order valence-electron chi connectivity index (χ4n) is 1.82. The summed E-state index contributed by atoms with van der Waals surface area (Å²) in [6, 6.07) is 0. The number of hydrogen-bond donors (Lipinski definition) is 0. The highest BCUT2D eigenvalue weighted by atomic mass is 16.5. The van der Waals surface area contributed by atoms with Crippen molar-refractivity contribution in [2.24, 2.45) is 17.3 Å². The minimum Gasteiger partial charge on any atom is -0.465 e. The maximum Gasteiger partial charge on any atom is 0.312 e. The highest BCUT2D eigenvalue weighted by molar-refractivity contribution is 5.79. The Morgan fingerprint density at radius 1 is 1.21 bits per heavy atom. The van der Waals surface area contributed by atoms with Crippen LogP contribution in [0.15, 0.2) is 0 Å².